The van der Waals surface area contributed by atoms with Crippen molar-refractivity contribution in [1.82, 2.24) is 0 Å². The van der Waals surface area contributed by atoms with Gasteiger partial charge in [-0.15, -0.1) is 11.8 Å². The topological polar surface area (TPSA) is 105 Å². The zero-order chi connectivity index (χ0) is 21.2. The van der Waals surface area contributed by atoms with Gasteiger partial charge in [-0.05, 0) is 37.3 Å². The van der Waals surface area contributed by atoms with E-state index in [1.54, 1.807) is 42.5 Å². The zero-order valence-corrected chi connectivity index (χ0v) is 16.9. The molecule has 0 saturated carbocycles. The van der Waals surface area contributed by atoms with Crippen molar-refractivity contribution >= 4 is 35.1 Å². The minimum atomic E-state index is -0.541. The maximum absolute atomic E-state index is 11.9. The molecule has 29 heavy (non-hydrogen) atoms. The second-order valence-electron chi connectivity index (χ2n) is 5.94. The summed E-state index contributed by atoms with van der Waals surface area (Å²) in [5.41, 5.74) is 2.05. The van der Waals surface area contributed by atoms with E-state index < -0.39 is 18.5 Å². The van der Waals surface area contributed by atoms with Crippen molar-refractivity contribution in [2.24, 2.45) is 0 Å². The van der Waals surface area contributed by atoms with E-state index >= 15 is 0 Å². The molecule has 0 aliphatic rings. The molecular formula is C21H20N2O5S. The first kappa shape index (κ1) is 22.0. The van der Waals surface area contributed by atoms with Crippen LogP contribution in [0.25, 0.3) is 0 Å². The third-order valence-electron chi connectivity index (χ3n) is 3.85. The Kier molecular flexibility index (Phi) is 8.25. The van der Waals surface area contributed by atoms with Gasteiger partial charge in [0.25, 0.3) is 5.91 Å². The van der Waals surface area contributed by atoms with Gasteiger partial charge in [-0.25, -0.2) is 0 Å². The third kappa shape index (κ3) is 6.66. The predicted octanol–water partition coefficient (Wildman–Crippen LogP) is 3.18. The first-order valence-corrected chi connectivity index (χ1v) is 9.80. The maximum atomic E-state index is 11.9. The molecule has 0 heterocycles. The van der Waals surface area contributed by atoms with E-state index in [9.17, 15) is 14.4 Å². The number of benzene rings is 2. The van der Waals surface area contributed by atoms with E-state index in [0.29, 0.717) is 28.3 Å². The van der Waals surface area contributed by atoms with Crippen LogP contribution >= 0.6 is 11.8 Å². The van der Waals surface area contributed by atoms with Crippen molar-refractivity contribution < 1.29 is 23.9 Å². The molecule has 150 valence electrons. The van der Waals surface area contributed by atoms with Crippen LogP contribution in [0.3, 0.4) is 0 Å². The summed E-state index contributed by atoms with van der Waals surface area (Å²) >= 11 is 1.29. The molecule has 0 aliphatic heterocycles. The van der Waals surface area contributed by atoms with E-state index in [-0.39, 0.29) is 11.5 Å². The number of ether oxygens (including phenoxy) is 2. The Labute approximate surface area is 173 Å². The van der Waals surface area contributed by atoms with E-state index in [4.69, 9.17) is 14.7 Å². The number of nitrogens with zero attached hydrogens (tertiary/aromatic N) is 1. The first-order valence-electron chi connectivity index (χ1n) is 8.64. The van der Waals surface area contributed by atoms with Crippen LogP contribution in [0, 0.1) is 11.3 Å². The molecule has 2 aromatic rings. The molecule has 0 saturated heterocycles. The van der Waals surface area contributed by atoms with Crippen LogP contribution in [0.5, 0.6) is 5.75 Å². The van der Waals surface area contributed by atoms with Crippen LogP contribution < -0.4 is 10.1 Å². The lowest BCUT2D eigenvalue weighted by atomic mass is 10.1. The molecule has 8 heteroatoms. The zero-order valence-electron chi connectivity index (χ0n) is 16.1. The molecule has 0 spiro atoms. The van der Waals surface area contributed by atoms with Gasteiger partial charge >= 0.3 is 5.97 Å². The van der Waals surface area contributed by atoms with Gasteiger partial charge in [0.2, 0.25) is 0 Å². The number of esters is 1. The largest absolute Gasteiger partial charge is 0.496 e. The van der Waals surface area contributed by atoms with Crippen molar-refractivity contribution in [2.75, 3.05) is 24.8 Å². The number of ketones is 1. The lowest BCUT2D eigenvalue weighted by Crippen LogP contribution is -2.22. The van der Waals surface area contributed by atoms with E-state index in [0.717, 1.165) is 5.56 Å². The summed E-state index contributed by atoms with van der Waals surface area (Å²) in [4.78, 5) is 35.3. The highest BCUT2D eigenvalue weighted by atomic mass is 32.2. The minimum Gasteiger partial charge on any atom is -0.496 e. The number of hydrogen-bond acceptors (Lipinski definition) is 7. The Balaban J connectivity index is 1.80. The Bertz CT molecular complexity index is 952. The van der Waals surface area contributed by atoms with Crippen molar-refractivity contribution in [1.29, 1.82) is 5.26 Å². The average Bonchev–Trinajstić information content (AvgIpc) is 2.72. The number of rotatable bonds is 9. The van der Waals surface area contributed by atoms with Gasteiger partial charge in [0.05, 0.1) is 24.1 Å². The quantitative estimate of drug-likeness (QED) is 0.498. The summed E-state index contributed by atoms with van der Waals surface area (Å²) in [5, 5.41) is 11.5. The summed E-state index contributed by atoms with van der Waals surface area (Å²) in [5.74, 6) is -0.00704. The van der Waals surface area contributed by atoms with Crippen LogP contribution in [0.15, 0.2) is 42.5 Å². The van der Waals surface area contributed by atoms with Gasteiger partial charge in [-0.3, -0.25) is 14.4 Å². The fourth-order valence-electron chi connectivity index (χ4n) is 2.42. The number of nitriles is 1. The van der Waals surface area contributed by atoms with Crippen LogP contribution in [-0.2, 0) is 20.1 Å². The summed E-state index contributed by atoms with van der Waals surface area (Å²) in [6, 6.07) is 13.7. The second kappa shape index (κ2) is 10.9. The number of nitrogens with one attached hydrogen (secondary N) is 1. The molecule has 0 radical (unpaired) electrons. The third-order valence-corrected chi connectivity index (χ3v) is 4.81. The summed E-state index contributed by atoms with van der Waals surface area (Å²) in [7, 11) is 1.54. The molecule has 2 aromatic carbocycles. The number of thioether (sulfide) groups is 1. The van der Waals surface area contributed by atoms with Crippen molar-refractivity contribution in [3.8, 4) is 11.8 Å². The van der Waals surface area contributed by atoms with Crippen LogP contribution in [0.4, 0.5) is 5.69 Å². The fraction of sp³-hybridized carbons (Fsp3) is 0.238. The number of amides is 1. The van der Waals surface area contributed by atoms with Crippen LogP contribution in [0.1, 0.15) is 28.4 Å². The maximum Gasteiger partial charge on any atom is 0.316 e. The highest BCUT2D eigenvalue weighted by Gasteiger charge is 2.12. The molecule has 0 aromatic heterocycles. The summed E-state index contributed by atoms with van der Waals surface area (Å²) < 4.78 is 10.2. The fourth-order valence-corrected chi connectivity index (χ4v) is 3.22. The van der Waals surface area contributed by atoms with E-state index in [1.165, 1.54) is 25.8 Å². The smallest absolute Gasteiger partial charge is 0.316 e. The number of anilines is 1. The second-order valence-corrected chi connectivity index (χ2v) is 6.93. The van der Waals surface area contributed by atoms with E-state index in [1.807, 2.05) is 6.07 Å². The van der Waals surface area contributed by atoms with Gasteiger partial charge in [0.1, 0.15) is 11.8 Å². The minimum absolute atomic E-state index is 0.0372. The molecule has 1 amide bonds. The normalized spacial score (nSPS) is 9.97. The monoisotopic (exact) mass is 412 g/mol. The van der Waals surface area contributed by atoms with Crippen LogP contribution in [0.2, 0.25) is 0 Å². The molecular weight excluding hydrogens is 392 g/mol. The average molecular weight is 412 g/mol. The number of hydrogen-bond donors (Lipinski definition) is 1. The van der Waals surface area contributed by atoms with Gasteiger partial charge in [-0.1, -0.05) is 12.1 Å². The molecule has 0 aliphatic carbocycles. The Hall–Kier alpha value is -3.31. The Morgan fingerprint density at radius 2 is 1.93 bits per heavy atom. The lowest BCUT2D eigenvalue weighted by Gasteiger charge is -2.10. The van der Waals surface area contributed by atoms with Crippen molar-refractivity contribution in [2.45, 2.75) is 12.7 Å². The highest BCUT2D eigenvalue weighted by Crippen LogP contribution is 2.25. The van der Waals surface area contributed by atoms with Gasteiger partial charge in [0.15, 0.2) is 12.4 Å². The SMILES string of the molecule is COc1ccc(C(C)=O)cc1CSCC(=O)OCC(=O)Nc1ccccc1C#N. The standard InChI is InChI=1S/C21H20N2O5S/c1-14(24)15-7-8-19(27-2)17(9-15)12-29-13-21(26)28-11-20(25)23-18-6-4-3-5-16(18)10-22/h3-9H,11-13H2,1-2H3,(H,23,25). The number of methoxy groups -OCH3 is 1. The predicted molar refractivity (Wildman–Crippen MR) is 110 cm³/mol. The molecule has 0 fully saturated rings. The lowest BCUT2D eigenvalue weighted by molar-refractivity contribution is -0.144. The molecule has 7 nitrogen and oxygen atoms in total. The molecule has 1 N–H and O–H groups in total. The van der Waals surface area contributed by atoms with Crippen molar-refractivity contribution in [3.05, 3.63) is 59.2 Å². The number of carbonyl (C=O) groups is 3. The van der Waals surface area contributed by atoms with Crippen LogP contribution in [-0.4, -0.2) is 37.1 Å². The highest BCUT2D eigenvalue weighted by molar-refractivity contribution is 7.99. The molecule has 0 atom stereocenters. The number of carbonyl (C=O) groups excluding carboxylic acids is 3. The first-order chi connectivity index (χ1) is 13.9. The molecule has 2 rings (SSSR count). The Morgan fingerprint density at radius 3 is 2.62 bits per heavy atom. The van der Waals surface area contributed by atoms with Gasteiger partial charge < -0.3 is 14.8 Å². The molecule has 0 bridgehead atoms. The summed E-state index contributed by atoms with van der Waals surface area (Å²) in [6.45, 7) is 1.04. The van der Waals surface area contributed by atoms with Gasteiger partial charge in [-0.2, -0.15) is 5.26 Å². The number of Topliss-reactive ketones (excluding diaryl/α,β-unsaturated/α-hetero) is 1. The molecule has 0 unspecified atom stereocenters. The number of para-hydroxylation sites is 1. The van der Waals surface area contributed by atoms with E-state index in [2.05, 4.69) is 5.32 Å². The summed E-state index contributed by atoms with van der Waals surface area (Å²) in [6.07, 6.45) is 0. The van der Waals surface area contributed by atoms with Gasteiger partial charge in [0, 0.05) is 16.9 Å². The van der Waals surface area contributed by atoms with Crippen molar-refractivity contribution in [3.63, 3.8) is 0 Å². The Morgan fingerprint density at radius 1 is 1.17 bits per heavy atom.